The first-order valence-corrected chi connectivity index (χ1v) is 7.48. The van der Waals surface area contributed by atoms with Gasteiger partial charge in [0.1, 0.15) is 5.60 Å². The summed E-state index contributed by atoms with van der Waals surface area (Å²) in [6, 6.07) is 7.02. The van der Waals surface area contributed by atoms with Crippen LogP contribution in [0.15, 0.2) is 40.9 Å². The fourth-order valence-corrected chi connectivity index (χ4v) is 3.79. The minimum Gasteiger partial charge on any atom is -0.393 e. The number of hydrogen-bond donors (Lipinski definition) is 1. The first-order valence-electron chi connectivity index (χ1n) is 6.69. The summed E-state index contributed by atoms with van der Waals surface area (Å²) >= 11 is 3.33. The molecule has 3 aliphatic heterocycles. The van der Waals surface area contributed by atoms with Crippen LogP contribution < -0.4 is 4.90 Å². The number of rotatable bonds is 2. The van der Waals surface area contributed by atoms with Gasteiger partial charge in [0.25, 0.3) is 0 Å². The lowest BCUT2D eigenvalue weighted by molar-refractivity contribution is -0.128. The van der Waals surface area contributed by atoms with E-state index in [1.807, 2.05) is 0 Å². The van der Waals surface area contributed by atoms with Crippen LogP contribution in [0.2, 0.25) is 0 Å². The summed E-state index contributed by atoms with van der Waals surface area (Å²) in [5.41, 5.74) is -0.485. The van der Waals surface area contributed by atoms with E-state index in [1.54, 1.807) is 36.4 Å². The molecule has 2 bridgehead atoms. The number of imide groups is 1. The third-order valence-electron chi connectivity index (χ3n) is 4.49. The molecule has 2 saturated heterocycles. The van der Waals surface area contributed by atoms with Gasteiger partial charge in [0.05, 0.1) is 30.2 Å². The van der Waals surface area contributed by atoms with Crippen molar-refractivity contribution in [3.8, 4) is 0 Å². The van der Waals surface area contributed by atoms with Crippen LogP contribution in [0.3, 0.4) is 0 Å². The van der Waals surface area contributed by atoms with E-state index in [4.69, 9.17) is 4.74 Å². The number of carbonyl (C=O) groups is 2. The van der Waals surface area contributed by atoms with Crippen molar-refractivity contribution >= 4 is 33.4 Å². The summed E-state index contributed by atoms with van der Waals surface area (Å²) in [5.74, 6) is -1.71. The van der Waals surface area contributed by atoms with E-state index in [9.17, 15) is 14.7 Å². The van der Waals surface area contributed by atoms with Crippen molar-refractivity contribution in [3.05, 3.63) is 40.9 Å². The molecule has 0 aromatic heterocycles. The van der Waals surface area contributed by atoms with Crippen LogP contribution >= 0.6 is 15.9 Å². The molecule has 108 valence electrons. The Labute approximate surface area is 129 Å². The predicted molar refractivity (Wildman–Crippen MR) is 77.4 cm³/mol. The quantitative estimate of drug-likeness (QED) is 0.644. The molecule has 0 spiro atoms. The molecule has 1 N–H and O–H groups in total. The molecule has 1 aromatic rings. The average Bonchev–Trinajstić information content (AvgIpc) is 3.12. The molecule has 6 heteroatoms. The lowest BCUT2D eigenvalue weighted by atomic mass is 9.77. The smallest absolute Gasteiger partial charge is 0.241 e. The number of aliphatic hydroxyl groups excluding tert-OH is 1. The van der Waals surface area contributed by atoms with E-state index in [1.165, 1.54) is 4.90 Å². The molecule has 21 heavy (non-hydrogen) atoms. The Morgan fingerprint density at radius 2 is 1.95 bits per heavy atom. The van der Waals surface area contributed by atoms with Crippen molar-refractivity contribution in [1.29, 1.82) is 0 Å². The van der Waals surface area contributed by atoms with Crippen LogP contribution in [0.5, 0.6) is 0 Å². The number of nitrogens with zero attached hydrogens (tertiary/aromatic N) is 1. The second kappa shape index (κ2) is 4.25. The topological polar surface area (TPSA) is 66.8 Å². The Bertz CT molecular complexity index is 671. The van der Waals surface area contributed by atoms with E-state index >= 15 is 0 Å². The predicted octanol–water partition coefficient (Wildman–Crippen LogP) is 1.25. The highest BCUT2D eigenvalue weighted by molar-refractivity contribution is 9.10. The third-order valence-corrected chi connectivity index (χ3v) is 5.02. The van der Waals surface area contributed by atoms with Gasteiger partial charge in [0.15, 0.2) is 0 Å². The molecule has 1 aromatic carbocycles. The second-order valence-electron chi connectivity index (χ2n) is 5.55. The van der Waals surface area contributed by atoms with Gasteiger partial charge in [-0.2, -0.15) is 0 Å². The highest BCUT2D eigenvalue weighted by atomic mass is 79.9. The number of fused-ring (bicyclic) bond motifs is 5. The van der Waals surface area contributed by atoms with Crippen LogP contribution in [-0.2, 0) is 14.3 Å². The summed E-state index contributed by atoms with van der Waals surface area (Å²) in [6.07, 6.45) is 3.07. The summed E-state index contributed by atoms with van der Waals surface area (Å²) in [4.78, 5) is 26.6. The summed E-state index contributed by atoms with van der Waals surface area (Å²) in [6.45, 7) is -0.297. The van der Waals surface area contributed by atoms with Crippen LogP contribution in [0.1, 0.15) is 0 Å². The van der Waals surface area contributed by atoms with Gasteiger partial charge in [-0.05, 0) is 24.3 Å². The molecule has 3 heterocycles. The van der Waals surface area contributed by atoms with Gasteiger partial charge in [-0.15, -0.1) is 0 Å². The number of amides is 2. The summed E-state index contributed by atoms with van der Waals surface area (Å²) in [5, 5.41) is 9.62. The van der Waals surface area contributed by atoms with E-state index in [-0.39, 0.29) is 18.4 Å². The lowest BCUT2D eigenvalue weighted by Gasteiger charge is -2.26. The molecule has 0 unspecified atom stereocenters. The van der Waals surface area contributed by atoms with Crippen molar-refractivity contribution in [2.45, 2.75) is 11.7 Å². The highest BCUT2D eigenvalue weighted by Gasteiger charge is 2.67. The zero-order chi connectivity index (χ0) is 14.8. The second-order valence-corrected chi connectivity index (χ2v) is 6.46. The lowest BCUT2D eigenvalue weighted by Crippen LogP contribution is -2.43. The Hall–Kier alpha value is -1.50. The molecule has 2 fully saturated rings. The van der Waals surface area contributed by atoms with Crippen molar-refractivity contribution in [2.24, 2.45) is 11.8 Å². The maximum absolute atomic E-state index is 12.7. The molecule has 0 radical (unpaired) electrons. The number of hydrogen-bond acceptors (Lipinski definition) is 4. The van der Waals surface area contributed by atoms with Crippen LogP contribution in [0.4, 0.5) is 5.69 Å². The molecule has 3 aliphatic rings. The van der Waals surface area contributed by atoms with E-state index < -0.39 is 23.5 Å². The number of ether oxygens (including phenoxy) is 1. The molecule has 4 rings (SSSR count). The standard InChI is InChI=1S/C15H12BrNO4/c16-8-1-3-9(4-2-8)17-13(19)11-10-5-6-15(7-18,21-10)12(11)14(17)20/h1-6,10-12,18H,7H2/t10-,11-,12+,15+/m1/s1. The van der Waals surface area contributed by atoms with E-state index in [2.05, 4.69) is 15.9 Å². The van der Waals surface area contributed by atoms with E-state index in [0.717, 1.165) is 4.47 Å². The zero-order valence-electron chi connectivity index (χ0n) is 10.9. The largest absolute Gasteiger partial charge is 0.393 e. The fourth-order valence-electron chi connectivity index (χ4n) is 3.53. The van der Waals surface area contributed by atoms with Gasteiger partial charge < -0.3 is 9.84 Å². The minimum absolute atomic E-state index is 0.253. The summed E-state index contributed by atoms with van der Waals surface area (Å²) in [7, 11) is 0. The average molecular weight is 350 g/mol. The maximum Gasteiger partial charge on any atom is 0.241 e. The molecule has 0 saturated carbocycles. The van der Waals surface area contributed by atoms with Crippen molar-refractivity contribution in [1.82, 2.24) is 0 Å². The van der Waals surface area contributed by atoms with Crippen molar-refractivity contribution in [3.63, 3.8) is 0 Å². The van der Waals surface area contributed by atoms with Crippen molar-refractivity contribution in [2.75, 3.05) is 11.5 Å². The highest BCUT2D eigenvalue weighted by Crippen LogP contribution is 2.52. The van der Waals surface area contributed by atoms with Gasteiger partial charge in [-0.25, -0.2) is 4.90 Å². The van der Waals surface area contributed by atoms with Crippen LogP contribution in [-0.4, -0.2) is 35.2 Å². The van der Waals surface area contributed by atoms with Gasteiger partial charge >= 0.3 is 0 Å². The number of carbonyl (C=O) groups excluding carboxylic acids is 2. The Kier molecular flexibility index (Phi) is 2.67. The zero-order valence-corrected chi connectivity index (χ0v) is 12.5. The van der Waals surface area contributed by atoms with E-state index in [0.29, 0.717) is 5.69 Å². The van der Waals surface area contributed by atoms with Crippen molar-refractivity contribution < 1.29 is 19.4 Å². The molecular weight excluding hydrogens is 338 g/mol. The molecule has 4 atom stereocenters. The monoisotopic (exact) mass is 349 g/mol. The SMILES string of the molecule is O=C1[C@H]2[C@@H](C(=O)N1c1ccc(Br)cc1)[C@@]1(CO)C=C[C@H]2O1. The molecule has 0 aliphatic carbocycles. The first kappa shape index (κ1) is 13.2. The number of anilines is 1. The molecular formula is C15H12BrNO4. The first-order chi connectivity index (χ1) is 10.1. The number of aliphatic hydroxyl groups is 1. The van der Waals surface area contributed by atoms with Crippen LogP contribution in [0, 0.1) is 11.8 Å². The van der Waals surface area contributed by atoms with Gasteiger partial charge in [0.2, 0.25) is 11.8 Å². The normalized spacial score (nSPS) is 36.7. The minimum atomic E-state index is -1.04. The summed E-state index contributed by atoms with van der Waals surface area (Å²) < 4.78 is 6.56. The van der Waals surface area contributed by atoms with Gasteiger partial charge in [-0.1, -0.05) is 28.1 Å². The number of halogens is 1. The fraction of sp³-hybridized carbons (Fsp3) is 0.333. The Morgan fingerprint density at radius 1 is 1.24 bits per heavy atom. The molecule has 5 nitrogen and oxygen atoms in total. The number of benzene rings is 1. The van der Waals surface area contributed by atoms with Gasteiger partial charge in [-0.3, -0.25) is 9.59 Å². The van der Waals surface area contributed by atoms with Crippen LogP contribution in [0.25, 0.3) is 0 Å². The van der Waals surface area contributed by atoms with Gasteiger partial charge in [0, 0.05) is 4.47 Å². The third kappa shape index (κ3) is 1.58. The molecule has 2 amide bonds. The Balaban J connectivity index is 1.77. The Morgan fingerprint density at radius 3 is 2.62 bits per heavy atom. The maximum atomic E-state index is 12.7.